The normalized spacial score (nSPS) is 18.1. The van der Waals surface area contributed by atoms with Crippen LogP contribution in [-0.4, -0.2) is 4.40 Å². The highest BCUT2D eigenvalue weighted by Gasteiger charge is 2.24. The third kappa shape index (κ3) is 1.27. The Labute approximate surface area is 123 Å². The quantitative estimate of drug-likeness (QED) is 0.397. The van der Waals surface area contributed by atoms with Crippen molar-refractivity contribution >= 4 is 33.3 Å². The fourth-order valence-electron chi connectivity index (χ4n) is 4.09. The fraction of sp³-hybridized carbons (Fsp3) is 0.200. The molecule has 1 heteroatoms. The predicted molar refractivity (Wildman–Crippen MR) is 90.4 cm³/mol. The van der Waals surface area contributed by atoms with E-state index >= 15 is 0 Å². The van der Waals surface area contributed by atoms with Crippen molar-refractivity contribution in [3.05, 3.63) is 59.3 Å². The monoisotopic (exact) mass is 271 g/mol. The maximum absolute atomic E-state index is 2.47. The smallest absolute Gasteiger partial charge is 0.0617 e. The number of hydrogen-bond donors (Lipinski definition) is 0. The first-order chi connectivity index (χ1) is 10.3. The van der Waals surface area contributed by atoms with Gasteiger partial charge in [-0.25, -0.2) is 0 Å². The van der Waals surface area contributed by atoms with Crippen LogP contribution in [0.3, 0.4) is 0 Å². The Hall–Kier alpha value is -2.28. The molecule has 1 aliphatic rings. The first-order valence-corrected chi connectivity index (χ1v) is 7.71. The average Bonchev–Trinajstić information content (AvgIpc) is 2.99. The van der Waals surface area contributed by atoms with Gasteiger partial charge in [0.25, 0.3) is 0 Å². The lowest BCUT2D eigenvalue weighted by Crippen LogP contribution is -1.99. The highest BCUT2D eigenvalue weighted by Crippen LogP contribution is 2.43. The van der Waals surface area contributed by atoms with E-state index in [1.54, 1.807) is 0 Å². The van der Waals surface area contributed by atoms with Crippen LogP contribution < -0.4 is 0 Å². The summed E-state index contributed by atoms with van der Waals surface area (Å²) in [6.07, 6.45) is 5.78. The largest absolute Gasteiger partial charge is 0.308 e. The number of nitrogens with zero attached hydrogens (tertiary/aromatic N) is 1. The summed E-state index contributed by atoms with van der Waals surface area (Å²) in [5.74, 6) is 0.607. The Morgan fingerprint density at radius 2 is 1.90 bits per heavy atom. The number of aromatic nitrogens is 1. The van der Waals surface area contributed by atoms with Crippen molar-refractivity contribution in [2.45, 2.75) is 26.2 Å². The third-order valence-electron chi connectivity index (χ3n) is 5.01. The zero-order chi connectivity index (χ0) is 14.1. The Balaban J connectivity index is 2.14. The van der Waals surface area contributed by atoms with E-state index in [0.717, 1.165) is 6.42 Å². The van der Waals surface area contributed by atoms with Crippen LogP contribution in [0.25, 0.3) is 33.3 Å². The number of para-hydroxylation sites is 1. The SMILES string of the molecule is Cc1ccc2c(c1)c1cccc3c4c(n2c31)C=CCC4C. The summed E-state index contributed by atoms with van der Waals surface area (Å²) >= 11 is 0. The molecule has 102 valence electrons. The summed E-state index contributed by atoms with van der Waals surface area (Å²) in [6.45, 7) is 4.52. The van der Waals surface area contributed by atoms with E-state index in [-0.39, 0.29) is 0 Å². The zero-order valence-electron chi connectivity index (χ0n) is 12.4. The van der Waals surface area contributed by atoms with E-state index in [0.29, 0.717) is 5.92 Å². The highest BCUT2D eigenvalue weighted by atomic mass is 14.9. The summed E-state index contributed by atoms with van der Waals surface area (Å²) in [4.78, 5) is 0. The number of aryl methyl sites for hydroxylation is 1. The Kier molecular flexibility index (Phi) is 1.99. The van der Waals surface area contributed by atoms with E-state index < -0.39 is 0 Å². The molecule has 4 aromatic rings. The van der Waals surface area contributed by atoms with Crippen LogP contribution in [0.2, 0.25) is 0 Å². The van der Waals surface area contributed by atoms with Crippen molar-refractivity contribution in [2.24, 2.45) is 0 Å². The molecule has 0 saturated carbocycles. The third-order valence-corrected chi connectivity index (χ3v) is 5.01. The van der Waals surface area contributed by atoms with E-state index in [9.17, 15) is 0 Å². The van der Waals surface area contributed by atoms with E-state index in [1.807, 2.05) is 0 Å². The standard InChI is InChI=1S/C20H17N/c1-12-9-10-17-16(11-12)14-6-4-7-15-19-13(2)5-3-8-18(19)21(17)20(14)15/h3-4,6-11,13H,5H2,1-2H3. The summed E-state index contributed by atoms with van der Waals surface area (Å²) in [6, 6.07) is 13.6. The van der Waals surface area contributed by atoms with Crippen molar-refractivity contribution in [2.75, 3.05) is 0 Å². The lowest BCUT2D eigenvalue weighted by Gasteiger charge is -2.15. The van der Waals surface area contributed by atoms with Crippen LogP contribution >= 0.6 is 0 Å². The molecule has 0 spiro atoms. The first kappa shape index (κ1) is 11.4. The molecule has 5 rings (SSSR count). The minimum atomic E-state index is 0.607. The van der Waals surface area contributed by atoms with Crippen molar-refractivity contribution in [3.63, 3.8) is 0 Å². The summed E-state index contributed by atoms with van der Waals surface area (Å²) in [5, 5.41) is 4.21. The number of fused-ring (bicyclic) bond motifs is 6. The summed E-state index contributed by atoms with van der Waals surface area (Å²) in [7, 11) is 0. The number of rotatable bonds is 0. The van der Waals surface area contributed by atoms with Crippen LogP contribution in [0, 0.1) is 6.92 Å². The molecule has 1 unspecified atom stereocenters. The molecule has 0 N–H and O–H groups in total. The summed E-state index contributed by atoms with van der Waals surface area (Å²) < 4.78 is 2.47. The lowest BCUT2D eigenvalue weighted by molar-refractivity contribution is 0.775. The Bertz CT molecular complexity index is 1030. The van der Waals surface area contributed by atoms with Gasteiger partial charge >= 0.3 is 0 Å². The number of benzene rings is 2. The van der Waals surface area contributed by atoms with Crippen LogP contribution in [0.5, 0.6) is 0 Å². The van der Waals surface area contributed by atoms with Crippen LogP contribution in [0.15, 0.2) is 42.5 Å². The molecule has 2 aromatic carbocycles. The number of allylic oxidation sites excluding steroid dienone is 1. The minimum Gasteiger partial charge on any atom is -0.308 e. The molecule has 2 heterocycles. The van der Waals surface area contributed by atoms with Gasteiger partial charge in [-0.1, -0.05) is 42.8 Å². The topological polar surface area (TPSA) is 4.41 Å². The van der Waals surface area contributed by atoms with Crippen molar-refractivity contribution in [1.82, 2.24) is 4.40 Å². The Morgan fingerprint density at radius 1 is 1.05 bits per heavy atom. The molecule has 21 heavy (non-hydrogen) atoms. The molecule has 1 nitrogen and oxygen atoms in total. The number of hydrogen-bond acceptors (Lipinski definition) is 0. The molecular formula is C20H17N. The molecule has 0 amide bonds. The molecule has 0 radical (unpaired) electrons. The van der Waals surface area contributed by atoms with Crippen molar-refractivity contribution < 1.29 is 0 Å². The maximum atomic E-state index is 2.47. The van der Waals surface area contributed by atoms with E-state index in [4.69, 9.17) is 0 Å². The highest BCUT2D eigenvalue weighted by molar-refractivity contribution is 6.16. The average molecular weight is 271 g/mol. The fourth-order valence-corrected chi connectivity index (χ4v) is 4.09. The van der Waals surface area contributed by atoms with Gasteiger partial charge in [-0.05, 0) is 43.0 Å². The molecular weight excluding hydrogens is 254 g/mol. The molecule has 1 atom stereocenters. The second-order valence-electron chi connectivity index (χ2n) is 6.40. The van der Waals surface area contributed by atoms with Gasteiger partial charge < -0.3 is 4.40 Å². The molecule has 2 aromatic heterocycles. The van der Waals surface area contributed by atoms with Crippen LogP contribution in [0.1, 0.15) is 36.1 Å². The van der Waals surface area contributed by atoms with Gasteiger partial charge in [-0.3, -0.25) is 0 Å². The zero-order valence-corrected chi connectivity index (χ0v) is 12.4. The van der Waals surface area contributed by atoms with Crippen LogP contribution in [-0.2, 0) is 0 Å². The predicted octanol–water partition coefficient (Wildman–Crippen LogP) is 5.51. The van der Waals surface area contributed by atoms with Gasteiger partial charge in [0.05, 0.1) is 16.7 Å². The molecule has 0 bridgehead atoms. The molecule has 0 fully saturated rings. The first-order valence-electron chi connectivity index (χ1n) is 7.71. The molecule has 1 aliphatic carbocycles. The van der Waals surface area contributed by atoms with Gasteiger partial charge in [-0.15, -0.1) is 0 Å². The van der Waals surface area contributed by atoms with Crippen molar-refractivity contribution in [3.8, 4) is 0 Å². The minimum absolute atomic E-state index is 0.607. The van der Waals surface area contributed by atoms with Gasteiger partial charge in [0, 0.05) is 16.2 Å². The summed E-state index contributed by atoms with van der Waals surface area (Å²) in [5.41, 5.74) is 6.99. The second kappa shape index (κ2) is 3.67. The maximum Gasteiger partial charge on any atom is 0.0617 e. The van der Waals surface area contributed by atoms with E-state index in [1.165, 1.54) is 44.0 Å². The van der Waals surface area contributed by atoms with Gasteiger partial charge in [-0.2, -0.15) is 0 Å². The van der Waals surface area contributed by atoms with Gasteiger partial charge in [0.1, 0.15) is 0 Å². The van der Waals surface area contributed by atoms with E-state index in [2.05, 4.69) is 66.8 Å². The van der Waals surface area contributed by atoms with Crippen molar-refractivity contribution in [1.29, 1.82) is 0 Å². The Morgan fingerprint density at radius 3 is 2.81 bits per heavy atom. The van der Waals surface area contributed by atoms with Gasteiger partial charge in [0.15, 0.2) is 0 Å². The van der Waals surface area contributed by atoms with Gasteiger partial charge in [0.2, 0.25) is 0 Å². The molecule has 0 aliphatic heterocycles. The molecule has 0 saturated heterocycles. The van der Waals surface area contributed by atoms with Crippen LogP contribution in [0.4, 0.5) is 0 Å². The lowest BCUT2D eigenvalue weighted by atomic mass is 9.90. The second-order valence-corrected chi connectivity index (χ2v) is 6.40.